The normalized spacial score (nSPS) is 10.4. The molecule has 0 spiro atoms. The molecule has 0 fully saturated rings. The molecule has 31 heavy (non-hydrogen) atoms. The Morgan fingerprint density at radius 3 is 2.19 bits per heavy atom. The summed E-state index contributed by atoms with van der Waals surface area (Å²) in [7, 11) is 0. The molecule has 160 valence electrons. The van der Waals surface area contributed by atoms with E-state index in [0.29, 0.717) is 41.0 Å². The van der Waals surface area contributed by atoms with Gasteiger partial charge < -0.3 is 20.1 Å². The number of ether oxygens (including phenoxy) is 2. The first-order valence-corrected chi connectivity index (χ1v) is 10.1. The standard InChI is InChI=1S/C25H26N2O4/c1-18(2)16-30-23-13-6-8-19(14-23)25(29)27-21-10-7-9-20(15-21)26-24(28)17-31-22-11-4-3-5-12-22/h3-15,18H,16-17H2,1-2H3,(H,26,28)(H,27,29). The summed E-state index contributed by atoms with van der Waals surface area (Å²) in [5.41, 5.74) is 1.63. The number of nitrogens with one attached hydrogen (secondary N) is 2. The van der Waals surface area contributed by atoms with E-state index in [1.807, 2.05) is 24.3 Å². The number of amides is 2. The third-order valence-corrected chi connectivity index (χ3v) is 4.20. The van der Waals surface area contributed by atoms with Crippen LogP contribution in [0.2, 0.25) is 0 Å². The molecule has 6 nitrogen and oxygen atoms in total. The topological polar surface area (TPSA) is 76.7 Å². The molecule has 3 aromatic carbocycles. The van der Waals surface area contributed by atoms with Crippen molar-refractivity contribution in [3.63, 3.8) is 0 Å². The fourth-order valence-corrected chi connectivity index (χ4v) is 2.73. The van der Waals surface area contributed by atoms with Crippen LogP contribution in [0, 0.1) is 5.92 Å². The summed E-state index contributed by atoms with van der Waals surface area (Å²) in [5, 5.41) is 5.61. The average Bonchev–Trinajstić information content (AvgIpc) is 2.77. The Hall–Kier alpha value is -3.80. The van der Waals surface area contributed by atoms with Crippen LogP contribution in [-0.4, -0.2) is 25.0 Å². The molecule has 6 heteroatoms. The summed E-state index contributed by atoms with van der Waals surface area (Å²) in [5.74, 6) is 1.13. The molecule has 0 aromatic heterocycles. The predicted molar refractivity (Wildman–Crippen MR) is 122 cm³/mol. The molecule has 0 saturated carbocycles. The van der Waals surface area contributed by atoms with Crippen molar-refractivity contribution in [3.05, 3.63) is 84.4 Å². The monoisotopic (exact) mass is 418 g/mol. The Morgan fingerprint density at radius 2 is 1.45 bits per heavy atom. The maximum atomic E-state index is 12.6. The minimum atomic E-state index is -0.290. The average molecular weight is 418 g/mol. The summed E-state index contributed by atoms with van der Waals surface area (Å²) in [6, 6.07) is 23.1. The first-order valence-electron chi connectivity index (χ1n) is 10.1. The number of rotatable bonds is 9. The SMILES string of the molecule is CC(C)COc1cccc(C(=O)Nc2cccc(NC(=O)COc3ccccc3)c2)c1. The van der Waals surface area contributed by atoms with E-state index in [0.717, 1.165) is 0 Å². The maximum Gasteiger partial charge on any atom is 0.262 e. The molecule has 2 N–H and O–H groups in total. The fourth-order valence-electron chi connectivity index (χ4n) is 2.73. The van der Waals surface area contributed by atoms with E-state index in [-0.39, 0.29) is 18.4 Å². The van der Waals surface area contributed by atoms with E-state index < -0.39 is 0 Å². The highest BCUT2D eigenvalue weighted by molar-refractivity contribution is 6.05. The van der Waals surface area contributed by atoms with Gasteiger partial charge in [-0.3, -0.25) is 9.59 Å². The van der Waals surface area contributed by atoms with Crippen LogP contribution in [0.25, 0.3) is 0 Å². The van der Waals surface area contributed by atoms with E-state index in [1.165, 1.54) is 0 Å². The molecular weight excluding hydrogens is 392 g/mol. The van der Waals surface area contributed by atoms with Crippen molar-refractivity contribution in [1.29, 1.82) is 0 Å². The van der Waals surface area contributed by atoms with Gasteiger partial charge in [-0.1, -0.05) is 44.2 Å². The lowest BCUT2D eigenvalue weighted by atomic mass is 10.2. The number of hydrogen-bond donors (Lipinski definition) is 2. The van der Waals surface area contributed by atoms with E-state index in [4.69, 9.17) is 9.47 Å². The Balaban J connectivity index is 1.56. The highest BCUT2D eigenvalue weighted by Crippen LogP contribution is 2.19. The lowest BCUT2D eigenvalue weighted by Crippen LogP contribution is -2.20. The number of para-hydroxylation sites is 1. The predicted octanol–water partition coefficient (Wildman–Crippen LogP) is 4.99. The summed E-state index contributed by atoms with van der Waals surface area (Å²) in [6.07, 6.45) is 0. The van der Waals surface area contributed by atoms with Gasteiger partial charge in [0.25, 0.3) is 11.8 Å². The third kappa shape index (κ3) is 7.19. The summed E-state index contributed by atoms with van der Waals surface area (Å²) in [4.78, 5) is 24.8. The lowest BCUT2D eigenvalue weighted by molar-refractivity contribution is -0.118. The summed E-state index contributed by atoms with van der Waals surface area (Å²) in [6.45, 7) is 4.61. The molecular formula is C25H26N2O4. The number of benzene rings is 3. The molecule has 3 aromatic rings. The van der Waals surface area contributed by atoms with Gasteiger partial charge in [-0.2, -0.15) is 0 Å². The van der Waals surface area contributed by atoms with Gasteiger partial charge in [0.05, 0.1) is 6.61 Å². The van der Waals surface area contributed by atoms with E-state index >= 15 is 0 Å². The van der Waals surface area contributed by atoms with Gasteiger partial charge in [0.15, 0.2) is 6.61 Å². The van der Waals surface area contributed by atoms with Crippen LogP contribution in [0.1, 0.15) is 24.2 Å². The minimum Gasteiger partial charge on any atom is -0.493 e. The van der Waals surface area contributed by atoms with Crippen molar-refractivity contribution in [2.24, 2.45) is 5.92 Å². The van der Waals surface area contributed by atoms with Crippen molar-refractivity contribution in [3.8, 4) is 11.5 Å². The van der Waals surface area contributed by atoms with Gasteiger partial charge in [0, 0.05) is 16.9 Å². The first kappa shape index (κ1) is 21.9. The van der Waals surface area contributed by atoms with Crippen LogP contribution in [0.15, 0.2) is 78.9 Å². The second-order valence-corrected chi connectivity index (χ2v) is 7.42. The Labute approximate surface area is 182 Å². The molecule has 0 aliphatic rings. The van der Waals surface area contributed by atoms with Gasteiger partial charge in [-0.15, -0.1) is 0 Å². The Kier molecular flexibility index (Phi) is 7.65. The van der Waals surface area contributed by atoms with Gasteiger partial charge in [0.2, 0.25) is 0 Å². The molecule has 3 rings (SSSR count). The van der Waals surface area contributed by atoms with Crippen LogP contribution >= 0.6 is 0 Å². The number of carbonyl (C=O) groups excluding carboxylic acids is 2. The third-order valence-electron chi connectivity index (χ3n) is 4.20. The van der Waals surface area contributed by atoms with E-state index in [9.17, 15) is 9.59 Å². The molecule has 0 saturated heterocycles. The van der Waals surface area contributed by atoms with Gasteiger partial charge in [0.1, 0.15) is 11.5 Å². The Bertz CT molecular complexity index is 1020. The van der Waals surface area contributed by atoms with Crippen LogP contribution in [0.3, 0.4) is 0 Å². The van der Waals surface area contributed by atoms with Crippen molar-refractivity contribution >= 4 is 23.2 Å². The largest absolute Gasteiger partial charge is 0.493 e. The molecule has 0 bridgehead atoms. The van der Waals surface area contributed by atoms with E-state index in [2.05, 4.69) is 24.5 Å². The first-order chi connectivity index (χ1) is 15.0. The fraction of sp³-hybridized carbons (Fsp3) is 0.200. The smallest absolute Gasteiger partial charge is 0.262 e. The van der Waals surface area contributed by atoms with Gasteiger partial charge in [-0.05, 0) is 54.4 Å². The molecule has 0 atom stereocenters. The Morgan fingerprint density at radius 1 is 0.774 bits per heavy atom. The highest BCUT2D eigenvalue weighted by Gasteiger charge is 2.09. The van der Waals surface area contributed by atoms with Gasteiger partial charge in [-0.25, -0.2) is 0 Å². The number of hydrogen-bond acceptors (Lipinski definition) is 4. The van der Waals surface area contributed by atoms with Crippen LogP contribution in [0.5, 0.6) is 11.5 Å². The van der Waals surface area contributed by atoms with Crippen molar-refractivity contribution < 1.29 is 19.1 Å². The molecule has 2 amide bonds. The van der Waals surface area contributed by atoms with E-state index in [1.54, 1.807) is 54.6 Å². The quantitative estimate of drug-likeness (QED) is 0.513. The zero-order chi connectivity index (χ0) is 22.1. The molecule has 0 unspecified atom stereocenters. The second-order valence-electron chi connectivity index (χ2n) is 7.42. The van der Waals surface area contributed by atoms with Crippen molar-refractivity contribution in [2.45, 2.75) is 13.8 Å². The molecule has 0 aliphatic heterocycles. The zero-order valence-corrected chi connectivity index (χ0v) is 17.6. The molecule has 0 radical (unpaired) electrons. The number of anilines is 2. The van der Waals surface area contributed by atoms with Crippen LogP contribution in [0.4, 0.5) is 11.4 Å². The van der Waals surface area contributed by atoms with Crippen LogP contribution < -0.4 is 20.1 Å². The maximum absolute atomic E-state index is 12.6. The zero-order valence-electron chi connectivity index (χ0n) is 17.6. The molecule has 0 aliphatic carbocycles. The van der Waals surface area contributed by atoms with Crippen molar-refractivity contribution in [1.82, 2.24) is 0 Å². The summed E-state index contributed by atoms with van der Waals surface area (Å²) < 4.78 is 11.1. The van der Waals surface area contributed by atoms with Gasteiger partial charge >= 0.3 is 0 Å². The van der Waals surface area contributed by atoms with Crippen LogP contribution in [-0.2, 0) is 4.79 Å². The molecule has 0 heterocycles. The summed E-state index contributed by atoms with van der Waals surface area (Å²) >= 11 is 0. The second kappa shape index (κ2) is 10.8. The lowest BCUT2D eigenvalue weighted by Gasteiger charge is -2.11. The highest BCUT2D eigenvalue weighted by atomic mass is 16.5. The van der Waals surface area contributed by atoms with Crippen molar-refractivity contribution in [2.75, 3.05) is 23.8 Å². The number of carbonyl (C=O) groups is 2. The minimum absolute atomic E-state index is 0.107.